The molecule has 0 atom stereocenters. The van der Waals surface area contributed by atoms with Gasteiger partial charge in [0.05, 0.1) is 23.4 Å². The molecule has 0 unspecified atom stereocenters. The maximum absolute atomic E-state index is 12.7. The Balaban J connectivity index is 2.26. The Bertz CT molecular complexity index is 501. The van der Waals surface area contributed by atoms with Crippen LogP contribution in [-0.2, 0) is 0 Å². The van der Waals surface area contributed by atoms with Crippen molar-refractivity contribution in [2.45, 2.75) is 26.2 Å². The van der Waals surface area contributed by atoms with Crippen molar-refractivity contribution in [2.75, 3.05) is 25.9 Å². The molecular weight excluding hydrogens is 276 g/mol. The summed E-state index contributed by atoms with van der Waals surface area (Å²) in [6.45, 7) is 3.64. The molecular formula is C15H21ClN2O2. The lowest BCUT2D eigenvalue weighted by atomic mass is 10.1. The van der Waals surface area contributed by atoms with Crippen molar-refractivity contribution in [1.29, 1.82) is 0 Å². The Morgan fingerprint density at radius 3 is 2.75 bits per heavy atom. The Kier molecular flexibility index (Phi) is 4.76. The van der Waals surface area contributed by atoms with E-state index in [2.05, 4.69) is 6.92 Å². The standard InChI is InChI=1S/C15H21ClN2O2/c1-3-6-18(9-10-4-5-10)15(19)11-7-12(16)13(17)8-14(11)20-2/h7-8,10H,3-6,9,17H2,1-2H3. The van der Waals surface area contributed by atoms with E-state index < -0.39 is 0 Å². The van der Waals surface area contributed by atoms with E-state index in [1.54, 1.807) is 12.1 Å². The summed E-state index contributed by atoms with van der Waals surface area (Å²) in [7, 11) is 1.53. The Hall–Kier alpha value is -1.42. The van der Waals surface area contributed by atoms with Gasteiger partial charge < -0.3 is 15.4 Å². The van der Waals surface area contributed by atoms with E-state index in [-0.39, 0.29) is 5.91 Å². The molecule has 0 aliphatic heterocycles. The molecule has 2 N–H and O–H groups in total. The molecule has 0 spiro atoms. The summed E-state index contributed by atoms with van der Waals surface area (Å²) in [6.07, 6.45) is 3.36. The molecule has 1 aliphatic rings. The number of carbonyl (C=O) groups excluding carboxylic acids is 1. The van der Waals surface area contributed by atoms with E-state index in [1.807, 2.05) is 4.90 Å². The maximum atomic E-state index is 12.7. The van der Waals surface area contributed by atoms with Gasteiger partial charge in [-0.15, -0.1) is 0 Å². The first kappa shape index (κ1) is 15.0. The van der Waals surface area contributed by atoms with Crippen molar-refractivity contribution < 1.29 is 9.53 Å². The number of nitrogens with two attached hydrogens (primary N) is 1. The number of nitrogen functional groups attached to an aromatic ring is 1. The number of ether oxygens (including phenoxy) is 1. The van der Waals surface area contributed by atoms with Crippen molar-refractivity contribution >= 4 is 23.2 Å². The van der Waals surface area contributed by atoms with E-state index in [4.69, 9.17) is 22.1 Å². The quantitative estimate of drug-likeness (QED) is 0.820. The first-order valence-corrected chi connectivity index (χ1v) is 7.36. The highest BCUT2D eigenvalue weighted by Gasteiger charge is 2.28. The molecule has 1 aromatic carbocycles. The van der Waals surface area contributed by atoms with Gasteiger partial charge in [-0.25, -0.2) is 0 Å². The predicted octanol–water partition coefficient (Wildman–Crippen LogP) is 3.19. The highest BCUT2D eigenvalue weighted by atomic mass is 35.5. The van der Waals surface area contributed by atoms with Crippen LogP contribution in [-0.4, -0.2) is 31.0 Å². The van der Waals surface area contributed by atoms with Crippen LogP contribution in [0.25, 0.3) is 0 Å². The molecule has 0 aromatic heterocycles. The summed E-state index contributed by atoms with van der Waals surface area (Å²) in [5.41, 5.74) is 6.66. The summed E-state index contributed by atoms with van der Waals surface area (Å²) in [4.78, 5) is 14.6. The van der Waals surface area contributed by atoms with Gasteiger partial charge in [0, 0.05) is 19.2 Å². The number of amides is 1. The number of nitrogens with zero attached hydrogens (tertiary/aromatic N) is 1. The van der Waals surface area contributed by atoms with Gasteiger partial charge in [0.25, 0.3) is 5.91 Å². The lowest BCUT2D eigenvalue weighted by Crippen LogP contribution is -2.33. The smallest absolute Gasteiger partial charge is 0.257 e. The van der Waals surface area contributed by atoms with Gasteiger partial charge in [-0.3, -0.25) is 4.79 Å². The first-order valence-electron chi connectivity index (χ1n) is 6.99. The van der Waals surface area contributed by atoms with E-state index in [0.29, 0.717) is 27.9 Å². The summed E-state index contributed by atoms with van der Waals surface area (Å²) < 4.78 is 5.27. The molecule has 1 aliphatic carbocycles. The van der Waals surface area contributed by atoms with Crippen LogP contribution in [0.15, 0.2) is 12.1 Å². The van der Waals surface area contributed by atoms with Crippen LogP contribution in [0.2, 0.25) is 5.02 Å². The van der Waals surface area contributed by atoms with E-state index in [9.17, 15) is 4.79 Å². The molecule has 4 nitrogen and oxygen atoms in total. The molecule has 1 aromatic rings. The van der Waals surface area contributed by atoms with Crippen LogP contribution < -0.4 is 10.5 Å². The molecule has 20 heavy (non-hydrogen) atoms. The highest BCUT2D eigenvalue weighted by molar-refractivity contribution is 6.33. The number of benzene rings is 1. The summed E-state index contributed by atoms with van der Waals surface area (Å²) in [6, 6.07) is 3.21. The van der Waals surface area contributed by atoms with Gasteiger partial charge in [-0.05, 0) is 31.2 Å². The van der Waals surface area contributed by atoms with Crippen molar-refractivity contribution in [2.24, 2.45) is 5.92 Å². The van der Waals surface area contributed by atoms with Gasteiger partial charge in [0.2, 0.25) is 0 Å². The average Bonchev–Trinajstić information content (AvgIpc) is 3.24. The Morgan fingerprint density at radius 1 is 1.50 bits per heavy atom. The SMILES string of the molecule is CCCN(CC1CC1)C(=O)c1cc(Cl)c(N)cc1OC. The minimum absolute atomic E-state index is 0.0301. The topological polar surface area (TPSA) is 55.6 Å². The lowest BCUT2D eigenvalue weighted by molar-refractivity contribution is 0.0744. The lowest BCUT2D eigenvalue weighted by Gasteiger charge is -2.23. The van der Waals surface area contributed by atoms with Crippen molar-refractivity contribution in [1.82, 2.24) is 4.90 Å². The third-order valence-corrected chi connectivity index (χ3v) is 3.83. The van der Waals surface area contributed by atoms with Crippen LogP contribution in [0.1, 0.15) is 36.5 Å². The minimum atomic E-state index is -0.0301. The summed E-state index contributed by atoms with van der Waals surface area (Å²) in [5, 5.41) is 0.386. The molecule has 110 valence electrons. The van der Waals surface area contributed by atoms with Crippen LogP contribution in [0.3, 0.4) is 0 Å². The monoisotopic (exact) mass is 296 g/mol. The second kappa shape index (κ2) is 6.35. The van der Waals surface area contributed by atoms with Gasteiger partial charge in [-0.2, -0.15) is 0 Å². The molecule has 1 saturated carbocycles. The Labute approximate surface area is 124 Å². The molecule has 0 radical (unpaired) electrons. The Morgan fingerprint density at radius 2 is 2.20 bits per heavy atom. The minimum Gasteiger partial charge on any atom is -0.496 e. The van der Waals surface area contributed by atoms with Crippen molar-refractivity contribution in [3.05, 3.63) is 22.7 Å². The van der Waals surface area contributed by atoms with Gasteiger partial charge in [-0.1, -0.05) is 18.5 Å². The third-order valence-electron chi connectivity index (χ3n) is 3.51. The maximum Gasteiger partial charge on any atom is 0.257 e. The number of halogens is 1. The fourth-order valence-corrected chi connectivity index (χ4v) is 2.40. The number of hydrogen-bond donors (Lipinski definition) is 1. The zero-order valence-corrected chi connectivity index (χ0v) is 12.7. The number of anilines is 1. The fraction of sp³-hybridized carbons (Fsp3) is 0.533. The predicted molar refractivity (Wildman–Crippen MR) is 81.3 cm³/mol. The van der Waals surface area contributed by atoms with Crippen LogP contribution in [0.4, 0.5) is 5.69 Å². The first-order chi connectivity index (χ1) is 9.56. The number of methoxy groups -OCH3 is 1. The molecule has 0 heterocycles. The summed E-state index contributed by atoms with van der Waals surface area (Å²) in [5.74, 6) is 1.10. The second-order valence-electron chi connectivity index (χ2n) is 5.27. The largest absolute Gasteiger partial charge is 0.496 e. The molecule has 1 fully saturated rings. The van der Waals surface area contributed by atoms with Crippen molar-refractivity contribution in [3.63, 3.8) is 0 Å². The fourth-order valence-electron chi connectivity index (χ4n) is 2.23. The molecule has 1 amide bonds. The van der Waals surface area contributed by atoms with Gasteiger partial charge >= 0.3 is 0 Å². The van der Waals surface area contributed by atoms with E-state index >= 15 is 0 Å². The van der Waals surface area contributed by atoms with E-state index in [1.165, 1.54) is 20.0 Å². The van der Waals surface area contributed by atoms with Crippen LogP contribution >= 0.6 is 11.6 Å². The number of carbonyl (C=O) groups is 1. The van der Waals surface area contributed by atoms with Crippen LogP contribution in [0.5, 0.6) is 5.75 Å². The van der Waals surface area contributed by atoms with Crippen LogP contribution in [0, 0.1) is 5.92 Å². The zero-order valence-electron chi connectivity index (χ0n) is 12.0. The van der Waals surface area contributed by atoms with Gasteiger partial charge in [0.1, 0.15) is 5.75 Å². The molecule has 2 rings (SSSR count). The molecule has 0 bridgehead atoms. The average molecular weight is 297 g/mol. The number of hydrogen-bond acceptors (Lipinski definition) is 3. The molecule has 5 heteroatoms. The highest BCUT2D eigenvalue weighted by Crippen LogP contribution is 2.33. The third kappa shape index (κ3) is 3.37. The normalized spacial score (nSPS) is 14.2. The van der Waals surface area contributed by atoms with E-state index in [0.717, 1.165) is 19.5 Å². The summed E-state index contributed by atoms with van der Waals surface area (Å²) >= 11 is 6.04. The zero-order chi connectivity index (χ0) is 14.7. The second-order valence-corrected chi connectivity index (χ2v) is 5.68. The number of rotatable bonds is 6. The van der Waals surface area contributed by atoms with Gasteiger partial charge in [0.15, 0.2) is 0 Å². The van der Waals surface area contributed by atoms with Crippen molar-refractivity contribution in [3.8, 4) is 5.75 Å². The molecule has 0 saturated heterocycles.